The summed E-state index contributed by atoms with van der Waals surface area (Å²) in [5, 5.41) is 0. The summed E-state index contributed by atoms with van der Waals surface area (Å²) in [6.45, 7) is 2.03. The molecule has 0 atom stereocenters. The third kappa shape index (κ3) is 6.80. The smallest absolute Gasteiger partial charge is 0.429 e. The second-order valence-electron chi connectivity index (χ2n) is 10.3. The molecule has 236 valence electrons. The molecule has 10 heteroatoms. The molecule has 0 aliphatic heterocycles. The summed E-state index contributed by atoms with van der Waals surface area (Å²) in [5.41, 5.74) is -1.10. The van der Waals surface area contributed by atoms with Gasteiger partial charge in [0, 0.05) is 17.2 Å². The van der Waals surface area contributed by atoms with Gasteiger partial charge < -0.3 is 4.74 Å². The fourth-order valence-corrected chi connectivity index (χ4v) is 4.86. The van der Waals surface area contributed by atoms with Crippen LogP contribution in [0.15, 0.2) is 97.1 Å². The Morgan fingerprint density at radius 1 is 0.543 bits per heavy atom. The molecule has 0 spiro atoms. The third-order valence-electron chi connectivity index (χ3n) is 7.14. The Bertz CT molecular complexity index is 1890. The van der Waals surface area contributed by atoms with Gasteiger partial charge in [0.05, 0.1) is 0 Å². The standard InChI is InChI=1S/C36H23F9O/c1-2-3-4-5-20-6-8-21(9-7-20)22-10-12-26(28(37)14-22)23-15-30(39)34(31(40)16-23)36(44,45)46-25-11-13-27(29(38)19-25)24-17-32(41)35(43)33(42)18-24/h3-4,6-19H,2,5H2,1H3/b4-3-. The lowest BCUT2D eigenvalue weighted by Crippen LogP contribution is -2.25. The van der Waals surface area contributed by atoms with E-state index < -0.39 is 69.3 Å². The molecule has 46 heavy (non-hydrogen) atoms. The second kappa shape index (κ2) is 13.2. The van der Waals surface area contributed by atoms with Crippen molar-refractivity contribution >= 4 is 0 Å². The van der Waals surface area contributed by atoms with Crippen molar-refractivity contribution in [3.63, 3.8) is 0 Å². The number of allylic oxidation sites excluding steroid dienone is 2. The van der Waals surface area contributed by atoms with Crippen molar-refractivity contribution in [2.24, 2.45) is 0 Å². The summed E-state index contributed by atoms with van der Waals surface area (Å²) in [4.78, 5) is 0. The first kappa shape index (κ1) is 32.4. The molecule has 0 aromatic heterocycles. The Morgan fingerprint density at radius 3 is 1.59 bits per heavy atom. The maximum Gasteiger partial charge on any atom is 0.432 e. The topological polar surface area (TPSA) is 9.23 Å². The summed E-state index contributed by atoms with van der Waals surface area (Å²) in [6, 6.07) is 15.4. The van der Waals surface area contributed by atoms with Crippen LogP contribution in [0.5, 0.6) is 5.75 Å². The SMILES string of the molecule is CC/C=C\Cc1ccc(-c2ccc(-c3cc(F)c(C(F)(F)Oc4ccc(-c5cc(F)c(F)c(F)c5)c(F)c4)c(F)c3)c(F)c2)cc1. The van der Waals surface area contributed by atoms with Crippen LogP contribution in [-0.2, 0) is 12.5 Å². The minimum absolute atomic E-state index is 0.245. The van der Waals surface area contributed by atoms with E-state index >= 15 is 4.39 Å². The van der Waals surface area contributed by atoms with E-state index in [1.807, 2.05) is 43.3 Å². The second-order valence-corrected chi connectivity index (χ2v) is 10.3. The molecule has 5 aromatic rings. The molecule has 0 radical (unpaired) electrons. The van der Waals surface area contributed by atoms with Crippen molar-refractivity contribution in [1.82, 2.24) is 0 Å². The molecule has 5 aromatic carbocycles. The Hall–Kier alpha value is -4.99. The van der Waals surface area contributed by atoms with E-state index in [0.717, 1.165) is 36.6 Å². The van der Waals surface area contributed by atoms with E-state index in [0.29, 0.717) is 41.5 Å². The number of hydrogen-bond acceptors (Lipinski definition) is 1. The maximum absolute atomic E-state index is 15.1. The van der Waals surface area contributed by atoms with Crippen LogP contribution in [0.4, 0.5) is 39.5 Å². The zero-order chi connectivity index (χ0) is 33.2. The first-order valence-electron chi connectivity index (χ1n) is 13.9. The van der Waals surface area contributed by atoms with Gasteiger partial charge in [-0.15, -0.1) is 0 Å². The van der Waals surface area contributed by atoms with Crippen molar-refractivity contribution < 1.29 is 44.3 Å². The summed E-state index contributed by atoms with van der Waals surface area (Å²) in [5.74, 6) is -11.5. The third-order valence-corrected chi connectivity index (χ3v) is 7.14. The number of hydrogen-bond donors (Lipinski definition) is 0. The lowest BCUT2D eigenvalue weighted by molar-refractivity contribution is -0.189. The first-order valence-corrected chi connectivity index (χ1v) is 13.9. The average molecular weight is 643 g/mol. The van der Waals surface area contributed by atoms with Gasteiger partial charge in [0.2, 0.25) is 0 Å². The minimum Gasteiger partial charge on any atom is -0.429 e. The molecular weight excluding hydrogens is 619 g/mol. The molecule has 0 N–H and O–H groups in total. The van der Waals surface area contributed by atoms with Gasteiger partial charge >= 0.3 is 6.11 Å². The highest BCUT2D eigenvalue weighted by Crippen LogP contribution is 2.39. The van der Waals surface area contributed by atoms with Gasteiger partial charge in [0.15, 0.2) is 17.5 Å². The zero-order valence-electron chi connectivity index (χ0n) is 24.0. The molecular formula is C36H23F9O. The molecule has 0 saturated heterocycles. The van der Waals surface area contributed by atoms with Gasteiger partial charge in [-0.2, -0.15) is 8.78 Å². The van der Waals surface area contributed by atoms with Crippen LogP contribution in [0, 0.1) is 40.7 Å². The molecule has 0 heterocycles. The van der Waals surface area contributed by atoms with Crippen molar-refractivity contribution in [1.29, 1.82) is 0 Å². The molecule has 0 bridgehead atoms. The van der Waals surface area contributed by atoms with Crippen molar-refractivity contribution in [2.45, 2.75) is 25.9 Å². The Labute approximate surface area is 258 Å². The minimum atomic E-state index is -4.67. The van der Waals surface area contributed by atoms with Crippen LogP contribution in [0.25, 0.3) is 33.4 Å². The van der Waals surface area contributed by atoms with E-state index in [-0.39, 0.29) is 11.1 Å². The number of rotatable bonds is 9. The Morgan fingerprint density at radius 2 is 1.04 bits per heavy atom. The number of halogens is 9. The van der Waals surface area contributed by atoms with Gasteiger partial charge in [0.1, 0.15) is 34.6 Å². The molecule has 0 aliphatic carbocycles. The molecule has 5 rings (SSSR count). The van der Waals surface area contributed by atoms with Gasteiger partial charge in [-0.05, 0) is 83.1 Å². The normalized spacial score (nSPS) is 11.8. The highest BCUT2D eigenvalue weighted by molar-refractivity contribution is 5.72. The lowest BCUT2D eigenvalue weighted by Gasteiger charge is -2.20. The lowest BCUT2D eigenvalue weighted by atomic mass is 9.97. The largest absolute Gasteiger partial charge is 0.432 e. The van der Waals surface area contributed by atoms with Gasteiger partial charge in [-0.1, -0.05) is 55.5 Å². The predicted molar refractivity (Wildman–Crippen MR) is 157 cm³/mol. The van der Waals surface area contributed by atoms with Gasteiger partial charge in [-0.25, -0.2) is 30.7 Å². The fourth-order valence-electron chi connectivity index (χ4n) is 4.86. The number of ether oxygens (including phenoxy) is 1. The molecule has 0 unspecified atom stereocenters. The Kier molecular flexibility index (Phi) is 9.27. The van der Waals surface area contributed by atoms with E-state index in [1.165, 1.54) is 12.1 Å². The van der Waals surface area contributed by atoms with Crippen LogP contribution in [0.3, 0.4) is 0 Å². The predicted octanol–water partition coefficient (Wildman–Crippen LogP) is 11.3. The van der Waals surface area contributed by atoms with Crippen molar-refractivity contribution in [2.75, 3.05) is 0 Å². The van der Waals surface area contributed by atoms with Gasteiger partial charge in [-0.3, -0.25) is 0 Å². The number of benzene rings is 5. The highest BCUT2D eigenvalue weighted by atomic mass is 19.3. The van der Waals surface area contributed by atoms with Crippen molar-refractivity contribution in [3.8, 4) is 39.1 Å². The monoisotopic (exact) mass is 642 g/mol. The van der Waals surface area contributed by atoms with E-state index in [1.54, 1.807) is 0 Å². The molecule has 0 aliphatic rings. The quantitative estimate of drug-likeness (QED) is 0.0883. The first-order chi connectivity index (χ1) is 21.9. The van der Waals surface area contributed by atoms with Crippen LogP contribution < -0.4 is 4.74 Å². The average Bonchev–Trinajstić information content (AvgIpc) is 2.99. The van der Waals surface area contributed by atoms with Crippen LogP contribution in [0.2, 0.25) is 0 Å². The van der Waals surface area contributed by atoms with Crippen LogP contribution >= 0.6 is 0 Å². The summed E-state index contributed by atoms with van der Waals surface area (Å²) < 4.78 is 135. The van der Waals surface area contributed by atoms with Gasteiger partial charge in [0.25, 0.3) is 0 Å². The highest BCUT2D eigenvalue weighted by Gasteiger charge is 2.41. The van der Waals surface area contributed by atoms with E-state index in [9.17, 15) is 35.1 Å². The Balaban J connectivity index is 1.37. The number of alkyl halides is 2. The molecule has 1 nitrogen and oxygen atoms in total. The molecule has 0 fully saturated rings. The molecule has 0 amide bonds. The van der Waals surface area contributed by atoms with Crippen LogP contribution in [0.1, 0.15) is 24.5 Å². The summed E-state index contributed by atoms with van der Waals surface area (Å²) in [7, 11) is 0. The fraction of sp³-hybridized carbons (Fsp3) is 0.111. The summed E-state index contributed by atoms with van der Waals surface area (Å²) >= 11 is 0. The van der Waals surface area contributed by atoms with Crippen LogP contribution in [-0.4, -0.2) is 0 Å². The van der Waals surface area contributed by atoms with E-state index in [2.05, 4.69) is 4.74 Å². The van der Waals surface area contributed by atoms with E-state index in [4.69, 9.17) is 0 Å². The van der Waals surface area contributed by atoms with Crippen molar-refractivity contribution in [3.05, 3.63) is 149 Å². The molecule has 0 saturated carbocycles. The maximum atomic E-state index is 15.1. The summed E-state index contributed by atoms with van der Waals surface area (Å²) in [6.07, 6.45) is 1.07. The zero-order valence-corrected chi connectivity index (χ0v) is 24.0.